The lowest BCUT2D eigenvalue weighted by molar-refractivity contribution is -0.142. The Balaban J connectivity index is 3.73. The quantitative estimate of drug-likeness (QED) is 0.277. The van der Waals surface area contributed by atoms with Gasteiger partial charge in [0.25, 0.3) is 0 Å². The first kappa shape index (κ1) is 21.0. The fourth-order valence-corrected chi connectivity index (χ4v) is 1.53. The van der Waals surface area contributed by atoms with Crippen LogP contribution in [0, 0.1) is 0 Å². The Morgan fingerprint density at radius 3 is 2.43 bits per heavy atom. The van der Waals surface area contributed by atoms with Crippen LogP contribution in [-0.4, -0.2) is 68.2 Å². The summed E-state index contributed by atoms with van der Waals surface area (Å²) in [7, 11) is 0. The van der Waals surface area contributed by atoms with Crippen molar-refractivity contribution in [3.8, 4) is 0 Å². The molecule has 0 saturated carbocycles. The summed E-state index contributed by atoms with van der Waals surface area (Å²) in [5.74, 6) is -1.86. The van der Waals surface area contributed by atoms with Gasteiger partial charge in [-0.2, -0.15) is 0 Å². The second kappa shape index (κ2) is 13.6. The van der Waals surface area contributed by atoms with Crippen LogP contribution in [0.25, 0.3) is 0 Å². The van der Waals surface area contributed by atoms with Crippen LogP contribution in [0.4, 0.5) is 0 Å². The largest absolute Gasteiger partial charge is 0.480 e. The zero-order chi connectivity index (χ0) is 17.5. The fraction of sp³-hybridized carbons (Fsp3) is 0.714. The van der Waals surface area contributed by atoms with Gasteiger partial charge in [0, 0.05) is 19.4 Å². The second-order valence-electron chi connectivity index (χ2n) is 4.55. The molecule has 0 aromatic rings. The average molecular weight is 332 g/mol. The van der Waals surface area contributed by atoms with Crippen molar-refractivity contribution in [1.82, 2.24) is 10.6 Å². The molecule has 0 aliphatic heterocycles. The molecule has 1 atom stereocenters. The summed E-state index contributed by atoms with van der Waals surface area (Å²) >= 11 is 0. The highest BCUT2D eigenvalue weighted by Crippen LogP contribution is 1.99. The number of hydrogen-bond donors (Lipinski definition) is 3. The van der Waals surface area contributed by atoms with Gasteiger partial charge >= 0.3 is 5.97 Å². The lowest BCUT2D eigenvalue weighted by atomic mass is 10.1. The number of rotatable bonds is 14. The van der Waals surface area contributed by atoms with Crippen molar-refractivity contribution in [2.24, 2.45) is 0 Å². The molecule has 0 aliphatic rings. The minimum Gasteiger partial charge on any atom is -0.480 e. The topological polar surface area (TPSA) is 131 Å². The second-order valence-corrected chi connectivity index (χ2v) is 4.55. The number of nitrogens with one attached hydrogen (secondary N) is 2. The number of amides is 2. The summed E-state index contributed by atoms with van der Waals surface area (Å²) in [5.41, 5.74) is 0. The van der Waals surface area contributed by atoms with E-state index in [1.54, 1.807) is 6.92 Å². The molecule has 0 saturated heterocycles. The highest BCUT2D eigenvalue weighted by atomic mass is 16.5. The van der Waals surface area contributed by atoms with Gasteiger partial charge in [0.15, 0.2) is 0 Å². The first-order valence-corrected chi connectivity index (χ1v) is 7.39. The van der Waals surface area contributed by atoms with E-state index in [0.29, 0.717) is 19.5 Å². The predicted octanol–water partition coefficient (Wildman–Crippen LogP) is -0.906. The monoisotopic (exact) mass is 332 g/mol. The first-order chi connectivity index (χ1) is 11.0. The molecule has 3 N–H and O–H groups in total. The van der Waals surface area contributed by atoms with Crippen molar-refractivity contribution in [3.63, 3.8) is 0 Å². The molecule has 0 heterocycles. The van der Waals surface area contributed by atoms with Gasteiger partial charge in [-0.05, 0) is 6.42 Å². The molecule has 2 amide bonds. The van der Waals surface area contributed by atoms with E-state index in [-0.39, 0.29) is 50.8 Å². The molecule has 132 valence electrons. The summed E-state index contributed by atoms with van der Waals surface area (Å²) in [5, 5.41) is 13.9. The Morgan fingerprint density at radius 1 is 1.13 bits per heavy atom. The molecule has 0 unspecified atom stereocenters. The third kappa shape index (κ3) is 12.2. The number of carboxylic acid groups (broad SMARTS) is 1. The lowest BCUT2D eigenvalue weighted by Crippen LogP contribution is -2.41. The zero-order valence-electron chi connectivity index (χ0n) is 13.2. The smallest absolute Gasteiger partial charge is 0.326 e. The van der Waals surface area contributed by atoms with Crippen molar-refractivity contribution in [1.29, 1.82) is 0 Å². The van der Waals surface area contributed by atoms with Crippen LogP contribution in [0.2, 0.25) is 0 Å². The summed E-state index contributed by atoms with van der Waals surface area (Å²) in [6, 6.07) is -1.07. The molecule has 0 radical (unpaired) electrons. The van der Waals surface area contributed by atoms with Crippen molar-refractivity contribution < 1.29 is 33.8 Å². The summed E-state index contributed by atoms with van der Waals surface area (Å²) in [6.45, 7) is 2.82. The van der Waals surface area contributed by atoms with Crippen LogP contribution in [-0.2, 0) is 28.7 Å². The number of carbonyl (C=O) groups excluding carboxylic acids is 3. The number of carboxylic acids is 1. The van der Waals surface area contributed by atoms with Crippen LogP contribution < -0.4 is 10.6 Å². The van der Waals surface area contributed by atoms with Crippen molar-refractivity contribution in [3.05, 3.63) is 0 Å². The van der Waals surface area contributed by atoms with Gasteiger partial charge < -0.3 is 30.0 Å². The molecule has 9 heteroatoms. The van der Waals surface area contributed by atoms with Gasteiger partial charge in [-0.1, -0.05) is 6.92 Å². The number of hydrogen-bond acceptors (Lipinski definition) is 6. The molecule has 0 aromatic heterocycles. The molecule has 0 bridgehead atoms. The maximum Gasteiger partial charge on any atom is 0.326 e. The van der Waals surface area contributed by atoms with E-state index in [1.807, 2.05) is 0 Å². The van der Waals surface area contributed by atoms with E-state index in [9.17, 15) is 19.2 Å². The Hall–Kier alpha value is -2.00. The van der Waals surface area contributed by atoms with Crippen LogP contribution >= 0.6 is 0 Å². The number of ether oxygens (including phenoxy) is 2. The van der Waals surface area contributed by atoms with Gasteiger partial charge in [-0.15, -0.1) is 0 Å². The minimum absolute atomic E-state index is 0.0105. The van der Waals surface area contributed by atoms with Crippen molar-refractivity contribution in [2.45, 2.75) is 32.2 Å². The van der Waals surface area contributed by atoms with Crippen LogP contribution in [0.3, 0.4) is 0 Å². The van der Waals surface area contributed by atoms with Gasteiger partial charge in [0.2, 0.25) is 11.8 Å². The van der Waals surface area contributed by atoms with Gasteiger partial charge in [-0.3, -0.25) is 9.59 Å². The third-order valence-electron chi connectivity index (χ3n) is 2.74. The molecule has 0 aromatic carbocycles. The molecule has 9 nitrogen and oxygen atoms in total. The maximum absolute atomic E-state index is 11.6. The fourth-order valence-electron chi connectivity index (χ4n) is 1.53. The Kier molecular flexibility index (Phi) is 12.5. The Labute approximate surface area is 134 Å². The zero-order valence-corrected chi connectivity index (χ0v) is 13.2. The highest BCUT2D eigenvalue weighted by Gasteiger charge is 2.20. The van der Waals surface area contributed by atoms with E-state index < -0.39 is 12.0 Å². The van der Waals surface area contributed by atoms with E-state index in [4.69, 9.17) is 14.6 Å². The first-order valence-electron chi connectivity index (χ1n) is 7.39. The molecular formula is C14H24N2O7. The molecule has 23 heavy (non-hydrogen) atoms. The van der Waals surface area contributed by atoms with Crippen molar-refractivity contribution in [2.75, 3.05) is 33.0 Å². The van der Waals surface area contributed by atoms with Gasteiger partial charge in [0.05, 0.1) is 19.8 Å². The predicted molar refractivity (Wildman–Crippen MR) is 79.8 cm³/mol. The van der Waals surface area contributed by atoms with Crippen LogP contribution in [0.5, 0.6) is 0 Å². The molecule has 0 aliphatic carbocycles. The summed E-state index contributed by atoms with van der Waals surface area (Å²) in [6.07, 6.45) is 0.841. The van der Waals surface area contributed by atoms with E-state index in [1.165, 1.54) is 0 Å². The molecule has 0 fully saturated rings. The standard InChI is InChI=1S/C14H24N2O7/c1-2-12(18)16-11(14(20)21)3-4-13(19)15-5-7-22-9-10-23-8-6-17/h6,11H,2-5,7-10H2,1H3,(H,15,19)(H,16,18)(H,20,21)/t11-/m0/s1. The van der Waals surface area contributed by atoms with E-state index in [2.05, 4.69) is 10.6 Å². The van der Waals surface area contributed by atoms with Gasteiger partial charge in [0.1, 0.15) is 18.9 Å². The number of aldehydes is 1. The number of carbonyl (C=O) groups is 4. The maximum atomic E-state index is 11.6. The highest BCUT2D eigenvalue weighted by molar-refractivity contribution is 5.84. The van der Waals surface area contributed by atoms with E-state index >= 15 is 0 Å². The van der Waals surface area contributed by atoms with Crippen LogP contribution in [0.1, 0.15) is 26.2 Å². The number of aliphatic carboxylic acids is 1. The Bertz CT molecular complexity index is 387. The average Bonchev–Trinajstić information content (AvgIpc) is 2.53. The third-order valence-corrected chi connectivity index (χ3v) is 2.74. The van der Waals surface area contributed by atoms with Crippen molar-refractivity contribution >= 4 is 24.1 Å². The minimum atomic E-state index is -1.17. The summed E-state index contributed by atoms with van der Waals surface area (Å²) in [4.78, 5) is 43.7. The van der Waals surface area contributed by atoms with E-state index in [0.717, 1.165) is 0 Å². The Morgan fingerprint density at radius 2 is 1.83 bits per heavy atom. The molecular weight excluding hydrogens is 308 g/mol. The van der Waals surface area contributed by atoms with Gasteiger partial charge in [-0.25, -0.2) is 4.79 Å². The molecule has 0 spiro atoms. The lowest BCUT2D eigenvalue weighted by Gasteiger charge is -2.13. The summed E-state index contributed by atoms with van der Waals surface area (Å²) < 4.78 is 10.0. The van der Waals surface area contributed by atoms with Crippen LogP contribution in [0.15, 0.2) is 0 Å². The SMILES string of the molecule is CCC(=O)N[C@@H](CCC(=O)NCCOCCOCC=O)C(=O)O. The normalized spacial score (nSPS) is 11.5. The molecule has 0 rings (SSSR count).